The van der Waals surface area contributed by atoms with Gasteiger partial charge in [0.25, 0.3) is 0 Å². The molecule has 2 atom stereocenters. The number of hydrogen-bond acceptors (Lipinski definition) is 2. The highest BCUT2D eigenvalue weighted by Crippen LogP contribution is 2.29. The molecule has 0 nitrogen and oxygen atoms in total. The molecule has 2 aliphatic heterocycles. The molecule has 0 bridgehead atoms. The second-order valence-electron chi connectivity index (χ2n) is 5.45. The van der Waals surface area contributed by atoms with Crippen molar-refractivity contribution in [3.8, 4) is 0 Å². The molecule has 94 valence electrons. The van der Waals surface area contributed by atoms with Crippen molar-refractivity contribution >= 4 is 23.5 Å². The van der Waals surface area contributed by atoms with Gasteiger partial charge in [-0.05, 0) is 60.5 Å². The molecule has 0 spiro atoms. The predicted molar refractivity (Wildman–Crippen MR) is 78.6 cm³/mol. The Labute approximate surface area is 110 Å². The molecule has 0 aromatic carbocycles. The first-order valence-electron chi connectivity index (χ1n) is 7.10. The maximum atomic E-state index is 2.16. The van der Waals surface area contributed by atoms with Crippen LogP contribution < -0.4 is 0 Å². The first kappa shape index (κ1) is 13.1. The van der Waals surface area contributed by atoms with Crippen molar-refractivity contribution in [3.05, 3.63) is 0 Å². The fourth-order valence-electron chi connectivity index (χ4n) is 2.84. The third-order valence-corrected chi connectivity index (χ3v) is 6.49. The molecular weight excluding hydrogens is 232 g/mol. The van der Waals surface area contributed by atoms with Gasteiger partial charge in [-0.25, -0.2) is 0 Å². The van der Waals surface area contributed by atoms with Crippen LogP contribution in [-0.2, 0) is 0 Å². The number of hydrogen-bond donors (Lipinski definition) is 0. The van der Waals surface area contributed by atoms with Crippen molar-refractivity contribution in [2.45, 2.75) is 51.4 Å². The lowest BCUT2D eigenvalue weighted by molar-refractivity contribution is 0.466. The Morgan fingerprint density at radius 3 is 1.56 bits per heavy atom. The van der Waals surface area contributed by atoms with Crippen LogP contribution in [0.4, 0.5) is 0 Å². The minimum atomic E-state index is 1.08. The smallest absolute Gasteiger partial charge is 0.00388 e. The Balaban J connectivity index is 1.37. The Kier molecular flexibility index (Phi) is 6.50. The zero-order chi connectivity index (χ0) is 11.1. The van der Waals surface area contributed by atoms with Gasteiger partial charge in [-0.2, -0.15) is 23.5 Å². The van der Waals surface area contributed by atoms with Crippen LogP contribution in [0.15, 0.2) is 0 Å². The van der Waals surface area contributed by atoms with Crippen LogP contribution in [0.5, 0.6) is 0 Å². The molecule has 0 aromatic rings. The molecule has 2 heteroatoms. The van der Waals surface area contributed by atoms with Gasteiger partial charge in [-0.3, -0.25) is 0 Å². The van der Waals surface area contributed by atoms with E-state index in [0.717, 1.165) is 11.8 Å². The first-order chi connectivity index (χ1) is 7.95. The Hall–Kier alpha value is 0.700. The lowest BCUT2D eigenvalue weighted by Gasteiger charge is -2.09. The Morgan fingerprint density at radius 2 is 1.19 bits per heavy atom. The lowest BCUT2D eigenvalue weighted by atomic mass is 9.97. The normalized spacial score (nSPS) is 30.0. The van der Waals surface area contributed by atoms with Gasteiger partial charge in [-0.15, -0.1) is 0 Å². The average Bonchev–Trinajstić information content (AvgIpc) is 2.96. The minimum Gasteiger partial charge on any atom is -0.162 e. The predicted octanol–water partition coefficient (Wildman–Crippen LogP) is 4.83. The summed E-state index contributed by atoms with van der Waals surface area (Å²) in [5, 5.41) is 0. The molecule has 0 saturated carbocycles. The van der Waals surface area contributed by atoms with Crippen LogP contribution >= 0.6 is 23.5 Å². The molecule has 0 aliphatic carbocycles. The second-order valence-corrected chi connectivity index (χ2v) is 7.75. The third-order valence-electron chi connectivity index (χ3n) is 4.02. The van der Waals surface area contributed by atoms with E-state index in [4.69, 9.17) is 0 Å². The van der Waals surface area contributed by atoms with Crippen LogP contribution in [0.25, 0.3) is 0 Å². The highest BCUT2D eigenvalue weighted by Gasteiger charge is 2.15. The summed E-state index contributed by atoms with van der Waals surface area (Å²) in [7, 11) is 0. The average molecular weight is 258 g/mol. The lowest BCUT2D eigenvalue weighted by Crippen LogP contribution is -1.98. The highest BCUT2D eigenvalue weighted by atomic mass is 32.2. The Bertz CT molecular complexity index is 150. The van der Waals surface area contributed by atoms with Gasteiger partial charge in [0.2, 0.25) is 0 Å². The number of rotatable bonds is 7. The van der Waals surface area contributed by atoms with Crippen molar-refractivity contribution in [1.29, 1.82) is 0 Å². The maximum absolute atomic E-state index is 2.16. The molecule has 2 unspecified atom stereocenters. The summed E-state index contributed by atoms with van der Waals surface area (Å²) in [4.78, 5) is 0. The summed E-state index contributed by atoms with van der Waals surface area (Å²) in [6, 6.07) is 0. The van der Waals surface area contributed by atoms with Gasteiger partial charge >= 0.3 is 0 Å². The molecule has 0 aromatic heterocycles. The third kappa shape index (κ3) is 4.91. The van der Waals surface area contributed by atoms with Gasteiger partial charge in [-0.1, -0.05) is 25.7 Å². The molecular formula is C14H26S2. The van der Waals surface area contributed by atoms with Crippen molar-refractivity contribution in [3.63, 3.8) is 0 Å². The summed E-state index contributed by atoms with van der Waals surface area (Å²) in [5.41, 5.74) is 0. The molecule has 2 rings (SSSR count). The molecule has 2 saturated heterocycles. The van der Waals surface area contributed by atoms with Gasteiger partial charge in [0, 0.05) is 0 Å². The van der Waals surface area contributed by atoms with E-state index < -0.39 is 0 Å². The fraction of sp³-hybridized carbons (Fsp3) is 1.00. The number of thioether (sulfide) groups is 2. The molecule has 2 heterocycles. The SMILES string of the molecule is C(CCCC1CCSC1)CCC1CCSC1. The van der Waals surface area contributed by atoms with Crippen LogP contribution in [0.1, 0.15) is 51.4 Å². The van der Waals surface area contributed by atoms with E-state index in [2.05, 4.69) is 23.5 Å². The van der Waals surface area contributed by atoms with Gasteiger partial charge in [0.05, 0.1) is 0 Å². The largest absolute Gasteiger partial charge is 0.162 e. The molecule has 16 heavy (non-hydrogen) atoms. The van der Waals surface area contributed by atoms with Crippen molar-refractivity contribution < 1.29 is 0 Å². The summed E-state index contributed by atoms with van der Waals surface area (Å²) in [5.74, 6) is 7.94. The molecule has 2 fully saturated rings. The van der Waals surface area contributed by atoms with E-state index >= 15 is 0 Å². The zero-order valence-corrected chi connectivity index (χ0v) is 12.1. The van der Waals surface area contributed by atoms with Gasteiger partial charge < -0.3 is 0 Å². The van der Waals surface area contributed by atoms with Crippen LogP contribution in [0, 0.1) is 11.8 Å². The first-order valence-corrected chi connectivity index (χ1v) is 9.41. The zero-order valence-electron chi connectivity index (χ0n) is 10.5. The van der Waals surface area contributed by atoms with E-state index in [1.807, 2.05) is 0 Å². The highest BCUT2D eigenvalue weighted by molar-refractivity contribution is 7.99. The van der Waals surface area contributed by atoms with Crippen LogP contribution in [0.2, 0.25) is 0 Å². The quantitative estimate of drug-likeness (QED) is 0.600. The van der Waals surface area contributed by atoms with Crippen molar-refractivity contribution in [2.24, 2.45) is 11.8 Å². The second kappa shape index (κ2) is 7.92. The van der Waals surface area contributed by atoms with Crippen LogP contribution in [-0.4, -0.2) is 23.0 Å². The summed E-state index contributed by atoms with van der Waals surface area (Å²) < 4.78 is 0. The topological polar surface area (TPSA) is 0 Å². The van der Waals surface area contributed by atoms with E-state index in [-0.39, 0.29) is 0 Å². The molecule has 0 N–H and O–H groups in total. The molecule has 2 aliphatic rings. The van der Waals surface area contributed by atoms with E-state index in [1.165, 1.54) is 74.4 Å². The van der Waals surface area contributed by atoms with Crippen LogP contribution in [0.3, 0.4) is 0 Å². The van der Waals surface area contributed by atoms with Crippen molar-refractivity contribution in [1.82, 2.24) is 0 Å². The monoisotopic (exact) mass is 258 g/mol. The van der Waals surface area contributed by atoms with Gasteiger partial charge in [0.15, 0.2) is 0 Å². The molecule has 0 radical (unpaired) electrons. The van der Waals surface area contributed by atoms with Gasteiger partial charge in [0.1, 0.15) is 0 Å². The Morgan fingerprint density at radius 1 is 0.688 bits per heavy atom. The van der Waals surface area contributed by atoms with E-state index in [1.54, 1.807) is 0 Å². The standard InChI is InChI=1S/C14H26S2/c1(3-5-13-7-9-15-11-13)2-4-6-14-8-10-16-12-14/h13-14H,1-12H2. The maximum Gasteiger partial charge on any atom is -0.00388 e. The summed E-state index contributed by atoms with van der Waals surface area (Å²) >= 11 is 4.33. The van der Waals surface area contributed by atoms with E-state index in [9.17, 15) is 0 Å². The van der Waals surface area contributed by atoms with Crippen molar-refractivity contribution in [2.75, 3.05) is 23.0 Å². The molecule has 0 amide bonds. The minimum absolute atomic E-state index is 1.08. The van der Waals surface area contributed by atoms with E-state index in [0.29, 0.717) is 0 Å². The summed E-state index contributed by atoms with van der Waals surface area (Å²) in [6.07, 6.45) is 12.1. The summed E-state index contributed by atoms with van der Waals surface area (Å²) in [6.45, 7) is 0. The fourth-order valence-corrected chi connectivity index (χ4v) is 5.51. The number of unbranched alkanes of at least 4 members (excludes halogenated alkanes) is 3.